The summed E-state index contributed by atoms with van der Waals surface area (Å²) >= 11 is 0. The summed E-state index contributed by atoms with van der Waals surface area (Å²) < 4.78 is 0. The number of likely N-dealkylation sites (N-methyl/N-ethyl adjacent to an activating group) is 1. The molecule has 1 amide bonds. The van der Waals surface area contributed by atoms with Crippen LogP contribution in [-0.4, -0.2) is 19.0 Å². The van der Waals surface area contributed by atoms with Crippen molar-refractivity contribution in [3.8, 4) is 0 Å². The lowest BCUT2D eigenvalue weighted by Crippen LogP contribution is -2.42. The molecule has 0 unspecified atom stereocenters. The van der Waals surface area contributed by atoms with Crippen molar-refractivity contribution in [3.63, 3.8) is 0 Å². The van der Waals surface area contributed by atoms with Gasteiger partial charge in [0.1, 0.15) is 0 Å². The Bertz CT molecular complexity index is 689. The van der Waals surface area contributed by atoms with Crippen LogP contribution < -0.4 is 10.2 Å². The molecule has 0 aliphatic carbocycles. The van der Waals surface area contributed by atoms with Crippen molar-refractivity contribution < 1.29 is 4.79 Å². The maximum Gasteiger partial charge on any atom is 0.240 e. The van der Waals surface area contributed by atoms with E-state index < -0.39 is 0 Å². The van der Waals surface area contributed by atoms with Gasteiger partial charge in [0.25, 0.3) is 0 Å². The lowest BCUT2D eigenvalue weighted by Gasteiger charge is -2.33. The van der Waals surface area contributed by atoms with Gasteiger partial charge in [-0.05, 0) is 36.5 Å². The molecule has 1 N–H and O–H groups in total. The van der Waals surface area contributed by atoms with Gasteiger partial charge in [0.15, 0.2) is 0 Å². The number of nitrogens with one attached hydrogen (secondary N) is 1. The van der Waals surface area contributed by atoms with Gasteiger partial charge in [-0.1, -0.05) is 69.3 Å². The highest BCUT2D eigenvalue weighted by molar-refractivity contribution is 5.95. The molecule has 2 rings (SSSR count). The molecule has 0 heterocycles. The average Bonchev–Trinajstić information content (AvgIpc) is 2.57. The average molecular weight is 338 g/mol. The molecular formula is C22H30N2O. The molecule has 3 heteroatoms. The summed E-state index contributed by atoms with van der Waals surface area (Å²) in [7, 11) is 0. The summed E-state index contributed by atoms with van der Waals surface area (Å²) in [6.07, 6.45) is 0. The van der Waals surface area contributed by atoms with Crippen LogP contribution in [-0.2, 0) is 4.79 Å². The van der Waals surface area contributed by atoms with Crippen LogP contribution in [0.2, 0.25) is 0 Å². The van der Waals surface area contributed by atoms with E-state index in [9.17, 15) is 4.79 Å². The van der Waals surface area contributed by atoms with Gasteiger partial charge < -0.3 is 10.2 Å². The molecule has 0 saturated heterocycles. The highest BCUT2D eigenvalue weighted by atomic mass is 16.2. The minimum Gasteiger partial charge on any atom is -0.311 e. The van der Waals surface area contributed by atoms with Crippen LogP contribution in [0.5, 0.6) is 0 Å². The van der Waals surface area contributed by atoms with E-state index in [0.717, 1.165) is 11.3 Å². The van der Waals surface area contributed by atoms with Gasteiger partial charge in [-0.25, -0.2) is 0 Å². The van der Waals surface area contributed by atoms with Crippen molar-refractivity contribution in [1.29, 1.82) is 0 Å². The maximum atomic E-state index is 12.9. The van der Waals surface area contributed by atoms with Crippen LogP contribution in [0.4, 0.5) is 5.69 Å². The topological polar surface area (TPSA) is 32.3 Å². The number of benzene rings is 2. The summed E-state index contributed by atoms with van der Waals surface area (Å²) in [4.78, 5) is 14.7. The molecule has 0 aromatic heterocycles. The van der Waals surface area contributed by atoms with Crippen LogP contribution >= 0.6 is 0 Å². The van der Waals surface area contributed by atoms with Crippen LogP contribution in [0.15, 0.2) is 54.6 Å². The minimum atomic E-state index is 0.0152. The molecule has 2 aromatic carbocycles. The number of nitrogens with zero attached hydrogens (tertiary/aromatic N) is 1. The van der Waals surface area contributed by atoms with E-state index >= 15 is 0 Å². The molecule has 2 aromatic rings. The number of aryl methyl sites for hydroxylation is 1. The van der Waals surface area contributed by atoms with Crippen molar-refractivity contribution in [2.24, 2.45) is 5.41 Å². The molecular weight excluding hydrogens is 308 g/mol. The van der Waals surface area contributed by atoms with Crippen molar-refractivity contribution in [1.82, 2.24) is 5.32 Å². The van der Waals surface area contributed by atoms with Crippen molar-refractivity contribution in [3.05, 3.63) is 65.7 Å². The predicted molar refractivity (Wildman–Crippen MR) is 106 cm³/mol. The van der Waals surface area contributed by atoms with Gasteiger partial charge in [-0.3, -0.25) is 4.79 Å². The summed E-state index contributed by atoms with van der Waals surface area (Å²) in [6, 6.07) is 18.5. The fourth-order valence-corrected chi connectivity index (χ4v) is 3.20. The highest BCUT2D eigenvalue weighted by Gasteiger charge is 2.27. The molecule has 25 heavy (non-hydrogen) atoms. The van der Waals surface area contributed by atoms with E-state index in [2.05, 4.69) is 38.2 Å². The Morgan fingerprint density at radius 1 is 1.04 bits per heavy atom. The first-order valence-electron chi connectivity index (χ1n) is 8.99. The Labute approximate surface area is 152 Å². The number of hydrogen-bond acceptors (Lipinski definition) is 2. The zero-order chi connectivity index (χ0) is 18.4. The molecule has 0 saturated carbocycles. The summed E-state index contributed by atoms with van der Waals surface area (Å²) in [5, 5.41) is 3.49. The molecule has 3 nitrogen and oxygen atoms in total. The van der Waals surface area contributed by atoms with E-state index in [0.29, 0.717) is 13.1 Å². The quantitative estimate of drug-likeness (QED) is 0.826. The second-order valence-corrected chi connectivity index (χ2v) is 7.52. The van der Waals surface area contributed by atoms with E-state index in [-0.39, 0.29) is 17.4 Å². The first kappa shape index (κ1) is 19.2. The lowest BCUT2D eigenvalue weighted by atomic mass is 9.82. The minimum absolute atomic E-state index is 0.0152. The van der Waals surface area contributed by atoms with Gasteiger partial charge in [-0.15, -0.1) is 0 Å². The zero-order valence-corrected chi connectivity index (χ0v) is 16.0. The van der Waals surface area contributed by atoms with Crippen LogP contribution in [0.3, 0.4) is 0 Å². The number of anilines is 1. The molecule has 0 aliphatic rings. The Balaban J connectivity index is 2.14. The van der Waals surface area contributed by atoms with Crippen molar-refractivity contribution in [2.75, 3.05) is 18.0 Å². The summed E-state index contributed by atoms with van der Waals surface area (Å²) in [5.74, 6) is 0.0991. The molecule has 0 fully saturated rings. The molecule has 0 aliphatic heterocycles. The first-order valence-corrected chi connectivity index (χ1v) is 8.99. The number of hydrogen-bond donors (Lipinski definition) is 1. The number of rotatable bonds is 6. The highest BCUT2D eigenvalue weighted by Crippen LogP contribution is 2.32. The smallest absolute Gasteiger partial charge is 0.240 e. The monoisotopic (exact) mass is 338 g/mol. The van der Waals surface area contributed by atoms with Gasteiger partial charge >= 0.3 is 0 Å². The SMILES string of the molecule is CCN(C(=O)CN[C@H](c1ccccc1)C(C)(C)C)c1ccccc1C. The van der Waals surface area contributed by atoms with Crippen LogP contribution in [0.1, 0.15) is 44.9 Å². The third-order valence-electron chi connectivity index (χ3n) is 4.48. The molecule has 0 radical (unpaired) electrons. The number of amides is 1. The molecule has 134 valence electrons. The number of carbonyl (C=O) groups is 1. The van der Waals surface area contributed by atoms with Crippen LogP contribution in [0, 0.1) is 12.3 Å². The summed E-state index contributed by atoms with van der Waals surface area (Å²) in [6.45, 7) is 11.6. The fourth-order valence-electron chi connectivity index (χ4n) is 3.20. The molecule has 0 spiro atoms. The van der Waals surface area contributed by atoms with Gasteiger partial charge in [0.2, 0.25) is 5.91 Å². The van der Waals surface area contributed by atoms with Crippen LogP contribution in [0.25, 0.3) is 0 Å². The fraction of sp³-hybridized carbons (Fsp3) is 0.409. The van der Waals surface area contributed by atoms with Gasteiger partial charge in [0.05, 0.1) is 6.54 Å². The Morgan fingerprint density at radius 2 is 1.64 bits per heavy atom. The van der Waals surface area contributed by atoms with Gasteiger partial charge in [0, 0.05) is 18.3 Å². The first-order chi connectivity index (χ1) is 11.8. The van der Waals surface area contributed by atoms with E-state index in [1.54, 1.807) is 0 Å². The Kier molecular flexibility index (Phi) is 6.38. The van der Waals surface area contributed by atoms with E-state index in [1.165, 1.54) is 5.56 Å². The third kappa shape index (κ3) is 4.93. The third-order valence-corrected chi connectivity index (χ3v) is 4.48. The second-order valence-electron chi connectivity index (χ2n) is 7.52. The second kappa shape index (κ2) is 8.30. The Hall–Kier alpha value is -2.13. The van der Waals surface area contributed by atoms with E-state index in [4.69, 9.17) is 0 Å². The standard InChI is InChI=1S/C22H30N2O/c1-6-24(19-15-11-10-12-17(19)2)20(25)16-23-21(22(3,4)5)18-13-8-7-9-14-18/h7-15,21,23H,6,16H2,1-5H3/t21-/m1/s1. The molecule has 0 bridgehead atoms. The predicted octanol–water partition coefficient (Wildman–Crippen LogP) is 4.72. The largest absolute Gasteiger partial charge is 0.311 e. The number of carbonyl (C=O) groups excluding carboxylic acids is 1. The zero-order valence-electron chi connectivity index (χ0n) is 16.0. The molecule has 1 atom stereocenters. The van der Waals surface area contributed by atoms with Crippen molar-refractivity contribution in [2.45, 2.75) is 40.7 Å². The summed E-state index contributed by atoms with van der Waals surface area (Å²) in [5.41, 5.74) is 3.33. The maximum absolute atomic E-state index is 12.9. The Morgan fingerprint density at radius 3 is 2.20 bits per heavy atom. The van der Waals surface area contributed by atoms with E-state index in [1.807, 2.05) is 61.2 Å². The lowest BCUT2D eigenvalue weighted by molar-refractivity contribution is -0.118. The van der Waals surface area contributed by atoms with Gasteiger partial charge in [-0.2, -0.15) is 0 Å². The number of para-hydroxylation sites is 1. The normalized spacial score (nSPS) is 12.7. The van der Waals surface area contributed by atoms with Crippen molar-refractivity contribution >= 4 is 11.6 Å².